The van der Waals surface area contributed by atoms with Crippen LogP contribution in [0.25, 0.3) is 0 Å². The van der Waals surface area contributed by atoms with E-state index < -0.39 is 0 Å². The second-order valence-electron chi connectivity index (χ2n) is 2.73. The molecule has 0 heterocycles. The molecule has 74 valence electrons. The van der Waals surface area contributed by atoms with Gasteiger partial charge in [0.15, 0.2) is 0 Å². The highest BCUT2D eigenvalue weighted by molar-refractivity contribution is 9.10. The Morgan fingerprint density at radius 3 is 2.62 bits per heavy atom. The van der Waals surface area contributed by atoms with Crippen molar-refractivity contribution >= 4 is 28.3 Å². The third kappa shape index (κ3) is 3.18. The Hall–Kier alpha value is -0.250. The monoisotopic (exact) mass is 265 g/mol. The highest BCUT2D eigenvalue weighted by Gasteiger charge is 2.05. The van der Waals surface area contributed by atoms with Crippen molar-refractivity contribution in [2.75, 3.05) is 0 Å². The molecule has 0 saturated heterocycles. The van der Waals surface area contributed by atoms with Crippen molar-refractivity contribution in [1.82, 2.24) is 0 Å². The van der Waals surface area contributed by atoms with Gasteiger partial charge >= 0.3 is 0 Å². The second-order valence-corrected chi connectivity index (χ2v) is 3.58. The molecule has 0 saturated carbocycles. The Balaban J connectivity index is 0.00000144. The molecule has 0 aromatic heterocycles. The van der Waals surface area contributed by atoms with Crippen molar-refractivity contribution in [3.63, 3.8) is 0 Å². The van der Waals surface area contributed by atoms with Crippen LogP contribution in [0.1, 0.15) is 24.9 Å². The number of halogens is 2. The molecule has 1 rings (SSSR count). The summed E-state index contributed by atoms with van der Waals surface area (Å²) in [5, 5.41) is 9.21. The van der Waals surface area contributed by atoms with Crippen LogP contribution in [0.4, 0.5) is 0 Å². The van der Waals surface area contributed by atoms with Gasteiger partial charge in [0.05, 0.1) is 4.47 Å². The molecule has 0 unspecified atom stereocenters. The maximum atomic E-state index is 9.21. The van der Waals surface area contributed by atoms with Crippen LogP contribution in [0, 0.1) is 0 Å². The van der Waals surface area contributed by atoms with E-state index in [1.807, 2.05) is 19.1 Å². The van der Waals surface area contributed by atoms with Crippen LogP contribution in [0.5, 0.6) is 5.75 Å². The average Bonchev–Trinajstić information content (AvgIpc) is 2.08. The van der Waals surface area contributed by atoms with Crippen LogP contribution in [-0.4, -0.2) is 5.11 Å². The molecule has 0 radical (unpaired) electrons. The smallest absolute Gasteiger partial charge is 0.129 e. The summed E-state index contributed by atoms with van der Waals surface area (Å²) in [7, 11) is 0. The van der Waals surface area contributed by atoms with Crippen molar-refractivity contribution in [1.29, 1.82) is 0 Å². The zero-order valence-corrected chi connectivity index (χ0v) is 9.73. The van der Waals surface area contributed by atoms with Crippen molar-refractivity contribution in [2.45, 2.75) is 19.4 Å². The third-order valence-electron chi connectivity index (χ3n) is 1.84. The van der Waals surface area contributed by atoms with E-state index in [-0.39, 0.29) is 24.2 Å². The fourth-order valence-corrected chi connectivity index (χ4v) is 1.39. The van der Waals surface area contributed by atoms with Gasteiger partial charge in [0.2, 0.25) is 0 Å². The molecule has 1 aromatic rings. The van der Waals surface area contributed by atoms with Gasteiger partial charge in [-0.05, 0) is 40.0 Å². The fraction of sp³-hybridized carbons (Fsp3) is 0.333. The van der Waals surface area contributed by atoms with Crippen LogP contribution in [-0.2, 0) is 0 Å². The van der Waals surface area contributed by atoms with Gasteiger partial charge in [0.1, 0.15) is 5.75 Å². The number of phenols is 1. The lowest BCUT2D eigenvalue weighted by Gasteiger charge is -2.09. The van der Waals surface area contributed by atoms with E-state index in [2.05, 4.69) is 15.9 Å². The zero-order valence-electron chi connectivity index (χ0n) is 7.33. The standard InChI is InChI=1S/C9H12BrNO.ClH/c1-2-8(11)6-3-4-9(12)7(10)5-6;/h3-5,8,12H,2,11H2,1H3;1H/t8-;/m0./s1. The van der Waals surface area contributed by atoms with Gasteiger partial charge in [-0.3, -0.25) is 0 Å². The van der Waals surface area contributed by atoms with E-state index in [0.717, 1.165) is 12.0 Å². The first-order chi connectivity index (χ1) is 5.65. The summed E-state index contributed by atoms with van der Waals surface area (Å²) in [6, 6.07) is 5.40. The number of hydrogen-bond donors (Lipinski definition) is 2. The van der Waals surface area contributed by atoms with Gasteiger partial charge in [-0.15, -0.1) is 12.4 Å². The van der Waals surface area contributed by atoms with Gasteiger partial charge in [0, 0.05) is 6.04 Å². The molecule has 0 aliphatic rings. The largest absolute Gasteiger partial charge is 0.507 e. The normalized spacial score (nSPS) is 11.9. The lowest BCUT2D eigenvalue weighted by atomic mass is 10.1. The SMILES string of the molecule is CC[C@H](N)c1ccc(O)c(Br)c1.Cl. The highest BCUT2D eigenvalue weighted by Crippen LogP contribution is 2.26. The number of phenolic OH excluding ortho intramolecular Hbond substituents is 1. The first-order valence-electron chi connectivity index (χ1n) is 3.89. The Labute approximate surface area is 92.7 Å². The molecule has 0 spiro atoms. The molecular formula is C9H13BrClNO. The molecule has 2 nitrogen and oxygen atoms in total. The molecule has 1 aromatic carbocycles. The van der Waals surface area contributed by atoms with Gasteiger partial charge < -0.3 is 10.8 Å². The van der Waals surface area contributed by atoms with E-state index in [9.17, 15) is 5.11 Å². The van der Waals surface area contributed by atoms with Gasteiger partial charge in [-0.25, -0.2) is 0 Å². The summed E-state index contributed by atoms with van der Waals surface area (Å²) >= 11 is 3.24. The van der Waals surface area contributed by atoms with Crippen LogP contribution in [0.15, 0.2) is 22.7 Å². The third-order valence-corrected chi connectivity index (χ3v) is 2.47. The molecule has 13 heavy (non-hydrogen) atoms. The number of aromatic hydroxyl groups is 1. The molecule has 0 fully saturated rings. The lowest BCUT2D eigenvalue weighted by molar-refractivity contribution is 0.471. The molecule has 3 N–H and O–H groups in total. The summed E-state index contributed by atoms with van der Waals surface area (Å²) in [5.41, 5.74) is 6.85. The van der Waals surface area contributed by atoms with Crippen molar-refractivity contribution in [3.05, 3.63) is 28.2 Å². The summed E-state index contributed by atoms with van der Waals surface area (Å²) in [4.78, 5) is 0. The minimum atomic E-state index is 0. The lowest BCUT2D eigenvalue weighted by Crippen LogP contribution is -2.08. The molecule has 0 aliphatic heterocycles. The minimum absolute atomic E-state index is 0. The molecule has 0 aliphatic carbocycles. The maximum absolute atomic E-state index is 9.21. The average molecular weight is 267 g/mol. The summed E-state index contributed by atoms with van der Waals surface area (Å²) in [6.45, 7) is 2.03. The maximum Gasteiger partial charge on any atom is 0.129 e. The predicted molar refractivity (Wildman–Crippen MR) is 60.3 cm³/mol. The first-order valence-corrected chi connectivity index (χ1v) is 4.68. The number of nitrogens with two attached hydrogens (primary N) is 1. The van der Waals surface area contributed by atoms with Crippen LogP contribution in [0.2, 0.25) is 0 Å². The van der Waals surface area contributed by atoms with Crippen LogP contribution < -0.4 is 5.73 Å². The number of hydrogen-bond acceptors (Lipinski definition) is 2. The van der Waals surface area contributed by atoms with Crippen LogP contribution in [0.3, 0.4) is 0 Å². The van der Waals surface area contributed by atoms with Crippen molar-refractivity contribution in [2.24, 2.45) is 5.73 Å². The Kier molecular flexibility index (Phi) is 5.37. The molecule has 0 bridgehead atoms. The second kappa shape index (κ2) is 5.47. The summed E-state index contributed by atoms with van der Waals surface area (Å²) in [6.07, 6.45) is 0.900. The molecule has 0 amide bonds. The van der Waals surface area contributed by atoms with E-state index in [0.29, 0.717) is 4.47 Å². The minimum Gasteiger partial charge on any atom is -0.507 e. The summed E-state index contributed by atoms with van der Waals surface area (Å²) < 4.78 is 0.698. The molecular weight excluding hydrogens is 253 g/mol. The Bertz CT molecular complexity index is 280. The Morgan fingerprint density at radius 1 is 1.54 bits per heavy atom. The van der Waals surface area contributed by atoms with E-state index in [1.54, 1.807) is 6.07 Å². The summed E-state index contributed by atoms with van der Waals surface area (Å²) in [5.74, 6) is 0.252. The van der Waals surface area contributed by atoms with Gasteiger partial charge in [-0.1, -0.05) is 13.0 Å². The Morgan fingerprint density at radius 2 is 2.15 bits per heavy atom. The predicted octanol–water partition coefficient (Wildman–Crippen LogP) is 2.99. The van der Waals surface area contributed by atoms with Gasteiger partial charge in [0.25, 0.3) is 0 Å². The van der Waals surface area contributed by atoms with Crippen molar-refractivity contribution in [3.8, 4) is 5.75 Å². The van der Waals surface area contributed by atoms with E-state index in [1.165, 1.54) is 0 Å². The van der Waals surface area contributed by atoms with Crippen LogP contribution >= 0.6 is 28.3 Å². The molecule has 1 atom stereocenters. The van der Waals surface area contributed by atoms with Gasteiger partial charge in [-0.2, -0.15) is 0 Å². The highest BCUT2D eigenvalue weighted by atomic mass is 79.9. The number of rotatable bonds is 2. The zero-order chi connectivity index (χ0) is 9.14. The first kappa shape index (κ1) is 12.8. The quantitative estimate of drug-likeness (QED) is 0.864. The topological polar surface area (TPSA) is 46.2 Å². The van der Waals surface area contributed by atoms with E-state index in [4.69, 9.17) is 5.73 Å². The van der Waals surface area contributed by atoms with E-state index >= 15 is 0 Å². The fourth-order valence-electron chi connectivity index (χ4n) is 0.989. The van der Waals surface area contributed by atoms with Crippen molar-refractivity contribution < 1.29 is 5.11 Å². The molecule has 4 heteroatoms. The number of benzene rings is 1.